The molecule has 224 valence electrons. The van der Waals surface area contributed by atoms with E-state index in [4.69, 9.17) is 23.2 Å². The number of hydrogen-bond acceptors (Lipinski definition) is 6. The summed E-state index contributed by atoms with van der Waals surface area (Å²) in [6.45, 7) is 0.753. The van der Waals surface area contributed by atoms with Crippen molar-refractivity contribution in [2.75, 3.05) is 18.4 Å². The van der Waals surface area contributed by atoms with Gasteiger partial charge in [-0.1, -0.05) is 57.3 Å². The summed E-state index contributed by atoms with van der Waals surface area (Å²) in [6.07, 6.45) is 1.51. The first-order valence-electron chi connectivity index (χ1n) is 13.5. The molecule has 0 bridgehead atoms. The van der Waals surface area contributed by atoms with Crippen LogP contribution in [0, 0.1) is 5.82 Å². The molecule has 0 saturated carbocycles. The second-order valence-electron chi connectivity index (χ2n) is 9.93. The Labute approximate surface area is 267 Å². The van der Waals surface area contributed by atoms with Gasteiger partial charge < -0.3 is 10.6 Å². The molecule has 4 aromatic rings. The minimum atomic E-state index is -3.97. The van der Waals surface area contributed by atoms with Crippen molar-refractivity contribution in [2.45, 2.75) is 36.7 Å². The number of aromatic nitrogens is 2. The molecule has 5 rings (SSSR count). The topological polar surface area (TPSA) is 104 Å². The molecule has 8 nitrogen and oxygen atoms in total. The van der Waals surface area contributed by atoms with Crippen LogP contribution in [-0.4, -0.2) is 47.7 Å². The molecule has 1 aromatic heterocycles. The molecule has 0 radical (unpaired) electrons. The highest BCUT2D eigenvalue weighted by molar-refractivity contribution is 9.10. The van der Waals surface area contributed by atoms with Gasteiger partial charge in [-0.25, -0.2) is 22.8 Å². The summed E-state index contributed by atoms with van der Waals surface area (Å²) in [7, 11) is -3.97. The first kappa shape index (κ1) is 31.3. The van der Waals surface area contributed by atoms with Gasteiger partial charge in [0.2, 0.25) is 21.9 Å². The summed E-state index contributed by atoms with van der Waals surface area (Å²) in [6, 6.07) is 18.5. The van der Waals surface area contributed by atoms with Crippen molar-refractivity contribution < 1.29 is 17.6 Å². The van der Waals surface area contributed by atoms with Crippen LogP contribution >= 0.6 is 39.1 Å². The quantitative estimate of drug-likeness (QED) is 0.196. The van der Waals surface area contributed by atoms with Gasteiger partial charge in [0, 0.05) is 33.2 Å². The summed E-state index contributed by atoms with van der Waals surface area (Å²) >= 11 is 15.8. The van der Waals surface area contributed by atoms with Crippen LogP contribution in [0.4, 0.5) is 10.3 Å². The van der Waals surface area contributed by atoms with Crippen LogP contribution < -0.4 is 10.6 Å². The van der Waals surface area contributed by atoms with E-state index in [0.717, 1.165) is 27.7 Å². The lowest BCUT2D eigenvalue weighted by atomic mass is 10.1. The minimum absolute atomic E-state index is 0.0563. The van der Waals surface area contributed by atoms with Crippen LogP contribution in [0.25, 0.3) is 11.3 Å². The van der Waals surface area contributed by atoms with E-state index in [-0.39, 0.29) is 18.0 Å². The molecule has 2 heterocycles. The summed E-state index contributed by atoms with van der Waals surface area (Å²) in [4.78, 5) is 22.5. The van der Waals surface area contributed by atoms with Gasteiger partial charge in [0.25, 0.3) is 0 Å². The number of carbonyl (C=O) groups is 1. The lowest BCUT2D eigenvalue weighted by Gasteiger charge is -2.23. The van der Waals surface area contributed by atoms with E-state index in [9.17, 15) is 17.6 Å². The molecule has 1 atom stereocenters. The molecular formula is C30H27BrCl2FN5O3S. The molecule has 0 unspecified atom stereocenters. The second-order valence-corrected chi connectivity index (χ2v) is 13.6. The molecule has 1 aliphatic heterocycles. The normalized spacial score (nSPS) is 15.4. The lowest BCUT2D eigenvalue weighted by molar-refractivity contribution is -0.124. The maximum absolute atomic E-state index is 13.4. The van der Waals surface area contributed by atoms with E-state index in [0.29, 0.717) is 53.2 Å². The third-order valence-electron chi connectivity index (χ3n) is 6.98. The standard InChI is InChI=1S/C30H27BrCl2FN5O3S/c31-21-6-3-20(4-7-21)27-17-24(37-30(38-27)35-14-13-19-5-8-22(32)16-26(19)33)18-36-29(40)28-2-1-15-39(28)43(41,42)25-11-9-23(34)10-12-25/h3-12,16-17,28H,1-2,13-15,18H2,(H,36,40)(H,35,37,38)/t28-/m0/s1. The van der Waals surface area contributed by atoms with Gasteiger partial charge in [-0.15, -0.1) is 0 Å². The van der Waals surface area contributed by atoms with E-state index >= 15 is 0 Å². The van der Waals surface area contributed by atoms with Gasteiger partial charge in [0.1, 0.15) is 11.9 Å². The number of sulfonamides is 1. The smallest absolute Gasteiger partial charge is 0.243 e. The van der Waals surface area contributed by atoms with Crippen molar-refractivity contribution >= 4 is 61.0 Å². The molecule has 43 heavy (non-hydrogen) atoms. The number of hydrogen-bond donors (Lipinski definition) is 2. The number of anilines is 1. The van der Waals surface area contributed by atoms with Crippen LogP contribution in [0.2, 0.25) is 10.0 Å². The van der Waals surface area contributed by atoms with E-state index in [1.54, 1.807) is 18.2 Å². The largest absolute Gasteiger partial charge is 0.354 e. The Morgan fingerprint density at radius 3 is 2.49 bits per heavy atom. The van der Waals surface area contributed by atoms with E-state index in [1.807, 2.05) is 30.3 Å². The first-order valence-corrected chi connectivity index (χ1v) is 16.5. The Morgan fingerprint density at radius 2 is 1.77 bits per heavy atom. The maximum Gasteiger partial charge on any atom is 0.243 e. The molecule has 3 aromatic carbocycles. The summed E-state index contributed by atoms with van der Waals surface area (Å²) < 4.78 is 41.9. The average molecular weight is 707 g/mol. The number of benzene rings is 3. The fourth-order valence-corrected chi connectivity index (χ4v) is 7.22. The second kappa shape index (κ2) is 13.7. The number of carbonyl (C=O) groups excluding carboxylic acids is 1. The van der Waals surface area contributed by atoms with Crippen molar-refractivity contribution in [1.29, 1.82) is 0 Å². The molecule has 1 saturated heterocycles. The first-order chi connectivity index (χ1) is 20.6. The number of nitrogens with one attached hydrogen (secondary N) is 2. The van der Waals surface area contributed by atoms with Crippen LogP contribution in [0.3, 0.4) is 0 Å². The van der Waals surface area contributed by atoms with Crippen molar-refractivity contribution in [1.82, 2.24) is 19.6 Å². The summed E-state index contributed by atoms with van der Waals surface area (Å²) in [5.41, 5.74) is 2.97. The van der Waals surface area contributed by atoms with Crippen molar-refractivity contribution in [3.63, 3.8) is 0 Å². The van der Waals surface area contributed by atoms with E-state index in [2.05, 4.69) is 36.5 Å². The number of nitrogens with zero attached hydrogens (tertiary/aromatic N) is 3. The molecule has 2 N–H and O–H groups in total. The Kier molecular flexibility index (Phi) is 9.98. The van der Waals surface area contributed by atoms with Crippen LogP contribution in [0.5, 0.6) is 0 Å². The molecule has 1 amide bonds. The third kappa shape index (κ3) is 7.71. The Hall–Kier alpha value is -3.09. The SMILES string of the molecule is O=C(NCc1cc(-c2ccc(Br)cc2)nc(NCCc2ccc(Cl)cc2Cl)n1)[C@@H]1CCCN1S(=O)(=O)c1ccc(F)cc1. The highest BCUT2D eigenvalue weighted by atomic mass is 79.9. The van der Waals surface area contributed by atoms with Gasteiger partial charge in [-0.3, -0.25) is 4.79 Å². The minimum Gasteiger partial charge on any atom is -0.354 e. The third-order valence-corrected chi connectivity index (χ3v) is 10.0. The van der Waals surface area contributed by atoms with Crippen LogP contribution in [0.15, 0.2) is 82.2 Å². The van der Waals surface area contributed by atoms with E-state index < -0.39 is 27.8 Å². The maximum atomic E-state index is 13.4. The van der Waals surface area contributed by atoms with Crippen LogP contribution in [-0.2, 0) is 27.8 Å². The zero-order valence-electron chi connectivity index (χ0n) is 22.7. The van der Waals surface area contributed by atoms with Crippen molar-refractivity contribution in [3.05, 3.63) is 104 Å². The molecule has 0 spiro atoms. The number of amides is 1. The highest BCUT2D eigenvalue weighted by Crippen LogP contribution is 2.27. The zero-order chi connectivity index (χ0) is 30.6. The molecule has 0 aliphatic carbocycles. The molecule has 1 aliphatic rings. The number of halogens is 4. The lowest BCUT2D eigenvalue weighted by Crippen LogP contribution is -2.45. The average Bonchev–Trinajstić information content (AvgIpc) is 3.49. The summed E-state index contributed by atoms with van der Waals surface area (Å²) in [5, 5.41) is 7.23. The van der Waals surface area contributed by atoms with Crippen molar-refractivity contribution in [2.24, 2.45) is 0 Å². The van der Waals surface area contributed by atoms with Gasteiger partial charge in [0.15, 0.2) is 0 Å². The van der Waals surface area contributed by atoms with E-state index in [1.165, 1.54) is 16.4 Å². The van der Waals surface area contributed by atoms with Crippen molar-refractivity contribution in [3.8, 4) is 11.3 Å². The van der Waals surface area contributed by atoms with Gasteiger partial charge in [-0.2, -0.15) is 4.31 Å². The molecular weight excluding hydrogens is 680 g/mol. The Balaban J connectivity index is 1.31. The predicted molar refractivity (Wildman–Crippen MR) is 169 cm³/mol. The number of rotatable bonds is 10. The van der Waals surface area contributed by atoms with Crippen LogP contribution in [0.1, 0.15) is 24.1 Å². The monoisotopic (exact) mass is 705 g/mol. The Morgan fingerprint density at radius 1 is 1.02 bits per heavy atom. The summed E-state index contributed by atoms with van der Waals surface area (Å²) in [5.74, 6) is -0.598. The highest BCUT2D eigenvalue weighted by Gasteiger charge is 2.39. The van der Waals surface area contributed by atoms with Gasteiger partial charge in [0.05, 0.1) is 22.8 Å². The zero-order valence-corrected chi connectivity index (χ0v) is 26.6. The fraction of sp³-hybridized carbons (Fsp3) is 0.233. The molecule has 13 heteroatoms. The van der Waals surface area contributed by atoms with Gasteiger partial charge >= 0.3 is 0 Å². The van der Waals surface area contributed by atoms with Gasteiger partial charge in [-0.05, 0) is 79.4 Å². The fourth-order valence-electron chi connectivity index (χ4n) is 4.80. The Bertz CT molecular complexity index is 1730. The molecule has 1 fully saturated rings. The predicted octanol–water partition coefficient (Wildman–Crippen LogP) is 6.48.